The summed E-state index contributed by atoms with van der Waals surface area (Å²) in [4.78, 5) is 13.5. The molecular weight excluding hydrogens is 290 g/mol. The standard InChI is InChI=1S/C16H24ClNO3/c1-13(2)12-20-9-7-16(19)18(3)8-10-21-15-6-4-5-14(17)11-15/h4-6,11,13H,7-10,12H2,1-3H3. The van der Waals surface area contributed by atoms with Crippen LogP contribution in [0, 0.1) is 5.92 Å². The highest BCUT2D eigenvalue weighted by molar-refractivity contribution is 6.30. The highest BCUT2D eigenvalue weighted by atomic mass is 35.5. The third kappa shape index (κ3) is 7.93. The minimum absolute atomic E-state index is 0.0634. The summed E-state index contributed by atoms with van der Waals surface area (Å²) in [5, 5.41) is 0.638. The highest BCUT2D eigenvalue weighted by Crippen LogP contribution is 2.16. The van der Waals surface area contributed by atoms with Crippen LogP contribution in [0.5, 0.6) is 5.75 Å². The van der Waals surface area contributed by atoms with E-state index < -0.39 is 0 Å². The maximum Gasteiger partial charge on any atom is 0.224 e. The molecule has 0 aliphatic carbocycles. The molecule has 0 fully saturated rings. The minimum Gasteiger partial charge on any atom is -0.492 e. The Hall–Kier alpha value is -1.26. The molecule has 118 valence electrons. The van der Waals surface area contributed by atoms with Crippen molar-refractivity contribution in [2.24, 2.45) is 5.92 Å². The van der Waals surface area contributed by atoms with Gasteiger partial charge in [0.05, 0.1) is 19.6 Å². The number of benzene rings is 1. The highest BCUT2D eigenvalue weighted by Gasteiger charge is 2.08. The van der Waals surface area contributed by atoms with E-state index in [0.29, 0.717) is 49.5 Å². The summed E-state index contributed by atoms with van der Waals surface area (Å²) in [5.41, 5.74) is 0. The Morgan fingerprint density at radius 3 is 2.76 bits per heavy atom. The smallest absolute Gasteiger partial charge is 0.224 e. The van der Waals surface area contributed by atoms with Gasteiger partial charge in [0.15, 0.2) is 0 Å². The molecular formula is C16H24ClNO3. The molecule has 4 nitrogen and oxygen atoms in total. The Labute approximate surface area is 132 Å². The second kappa shape index (κ2) is 9.64. The molecule has 0 atom stereocenters. The Bertz CT molecular complexity index is 437. The van der Waals surface area contributed by atoms with Crippen molar-refractivity contribution in [1.29, 1.82) is 0 Å². The first-order valence-electron chi connectivity index (χ1n) is 7.19. The number of carbonyl (C=O) groups excluding carboxylic acids is 1. The van der Waals surface area contributed by atoms with Crippen LogP contribution in [-0.2, 0) is 9.53 Å². The van der Waals surface area contributed by atoms with E-state index in [1.807, 2.05) is 12.1 Å². The van der Waals surface area contributed by atoms with Gasteiger partial charge in [-0.15, -0.1) is 0 Å². The average molecular weight is 314 g/mol. The molecule has 1 rings (SSSR count). The molecule has 0 heterocycles. The lowest BCUT2D eigenvalue weighted by Gasteiger charge is -2.17. The number of nitrogens with zero attached hydrogens (tertiary/aromatic N) is 1. The predicted octanol–water partition coefficient (Wildman–Crippen LogP) is 3.24. The molecule has 1 aromatic carbocycles. The minimum atomic E-state index is 0.0634. The average Bonchev–Trinajstić information content (AvgIpc) is 2.43. The van der Waals surface area contributed by atoms with Crippen LogP contribution in [0.4, 0.5) is 0 Å². The third-order valence-electron chi connectivity index (χ3n) is 2.83. The summed E-state index contributed by atoms with van der Waals surface area (Å²) in [7, 11) is 1.77. The van der Waals surface area contributed by atoms with Crippen molar-refractivity contribution in [2.45, 2.75) is 20.3 Å². The summed E-state index contributed by atoms with van der Waals surface area (Å²) < 4.78 is 11.0. The Morgan fingerprint density at radius 2 is 2.10 bits per heavy atom. The van der Waals surface area contributed by atoms with Crippen LogP contribution in [0.2, 0.25) is 5.02 Å². The summed E-state index contributed by atoms with van der Waals surface area (Å²) in [6.45, 7) is 6.30. The maximum absolute atomic E-state index is 11.9. The molecule has 1 aromatic rings. The quantitative estimate of drug-likeness (QED) is 0.657. The Morgan fingerprint density at radius 1 is 1.33 bits per heavy atom. The molecule has 0 saturated heterocycles. The van der Waals surface area contributed by atoms with Crippen molar-refractivity contribution in [3.63, 3.8) is 0 Å². The van der Waals surface area contributed by atoms with Crippen molar-refractivity contribution >= 4 is 17.5 Å². The summed E-state index contributed by atoms with van der Waals surface area (Å²) in [6.07, 6.45) is 0.403. The summed E-state index contributed by atoms with van der Waals surface area (Å²) in [6, 6.07) is 7.22. The van der Waals surface area contributed by atoms with Crippen molar-refractivity contribution in [1.82, 2.24) is 4.90 Å². The number of rotatable bonds is 9. The van der Waals surface area contributed by atoms with Crippen molar-refractivity contribution in [2.75, 3.05) is 33.4 Å². The van der Waals surface area contributed by atoms with Gasteiger partial charge in [0.2, 0.25) is 5.91 Å². The lowest BCUT2D eigenvalue weighted by atomic mass is 10.2. The molecule has 5 heteroatoms. The summed E-state index contributed by atoms with van der Waals surface area (Å²) in [5.74, 6) is 1.26. The van der Waals surface area contributed by atoms with Crippen LogP contribution in [0.1, 0.15) is 20.3 Å². The number of carbonyl (C=O) groups is 1. The lowest BCUT2D eigenvalue weighted by Crippen LogP contribution is -2.31. The SMILES string of the molecule is CC(C)COCCC(=O)N(C)CCOc1cccc(Cl)c1. The van der Waals surface area contributed by atoms with E-state index in [2.05, 4.69) is 13.8 Å². The molecule has 21 heavy (non-hydrogen) atoms. The van der Waals surface area contributed by atoms with Gasteiger partial charge in [0.1, 0.15) is 12.4 Å². The number of hydrogen-bond acceptors (Lipinski definition) is 3. The van der Waals surface area contributed by atoms with Gasteiger partial charge < -0.3 is 14.4 Å². The van der Waals surface area contributed by atoms with Gasteiger partial charge in [0.25, 0.3) is 0 Å². The van der Waals surface area contributed by atoms with Crippen molar-refractivity contribution in [3.05, 3.63) is 29.3 Å². The first kappa shape index (κ1) is 17.8. The molecule has 0 radical (unpaired) electrons. The van der Waals surface area contributed by atoms with Crippen LogP contribution in [0.3, 0.4) is 0 Å². The number of hydrogen-bond donors (Lipinski definition) is 0. The van der Waals surface area contributed by atoms with E-state index in [1.54, 1.807) is 24.1 Å². The van der Waals surface area contributed by atoms with Gasteiger partial charge in [-0.05, 0) is 24.1 Å². The van der Waals surface area contributed by atoms with Gasteiger partial charge in [-0.25, -0.2) is 0 Å². The van der Waals surface area contributed by atoms with Crippen LogP contribution in [-0.4, -0.2) is 44.2 Å². The van der Waals surface area contributed by atoms with Gasteiger partial charge in [-0.2, -0.15) is 0 Å². The molecule has 0 saturated carbocycles. The van der Waals surface area contributed by atoms with E-state index in [-0.39, 0.29) is 5.91 Å². The first-order valence-corrected chi connectivity index (χ1v) is 7.57. The first-order chi connectivity index (χ1) is 9.99. The summed E-state index contributed by atoms with van der Waals surface area (Å²) >= 11 is 5.87. The molecule has 0 unspecified atom stereocenters. The maximum atomic E-state index is 11.9. The molecule has 0 spiro atoms. The lowest BCUT2D eigenvalue weighted by molar-refractivity contribution is -0.131. The molecule has 0 aliphatic heterocycles. The molecule has 0 aromatic heterocycles. The van der Waals surface area contributed by atoms with Crippen LogP contribution < -0.4 is 4.74 Å². The molecule has 0 aliphatic rings. The normalized spacial score (nSPS) is 10.7. The van der Waals surface area contributed by atoms with Crippen LogP contribution in [0.25, 0.3) is 0 Å². The third-order valence-corrected chi connectivity index (χ3v) is 3.06. The van der Waals surface area contributed by atoms with Crippen LogP contribution >= 0.6 is 11.6 Å². The molecule has 1 amide bonds. The van der Waals surface area contributed by atoms with E-state index in [0.717, 1.165) is 0 Å². The predicted molar refractivity (Wildman–Crippen MR) is 84.9 cm³/mol. The Kier molecular flexibility index (Phi) is 8.16. The van der Waals surface area contributed by atoms with Gasteiger partial charge >= 0.3 is 0 Å². The monoisotopic (exact) mass is 313 g/mol. The van der Waals surface area contributed by atoms with E-state index in [9.17, 15) is 4.79 Å². The van der Waals surface area contributed by atoms with Crippen molar-refractivity contribution in [3.8, 4) is 5.75 Å². The second-order valence-corrected chi connectivity index (χ2v) is 5.78. The topological polar surface area (TPSA) is 38.8 Å². The van der Waals surface area contributed by atoms with Gasteiger partial charge in [-0.1, -0.05) is 31.5 Å². The number of ether oxygens (including phenoxy) is 2. The number of amides is 1. The van der Waals surface area contributed by atoms with Crippen molar-refractivity contribution < 1.29 is 14.3 Å². The molecule has 0 N–H and O–H groups in total. The number of likely N-dealkylation sites (N-methyl/N-ethyl adjacent to an activating group) is 1. The van der Waals surface area contributed by atoms with E-state index >= 15 is 0 Å². The van der Waals surface area contributed by atoms with Crippen LogP contribution in [0.15, 0.2) is 24.3 Å². The van der Waals surface area contributed by atoms with Gasteiger partial charge in [0, 0.05) is 18.7 Å². The fourth-order valence-electron chi connectivity index (χ4n) is 1.65. The number of halogens is 1. The van der Waals surface area contributed by atoms with E-state index in [1.165, 1.54) is 0 Å². The zero-order valence-corrected chi connectivity index (χ0v) is 13.7. The fraction of sp³-hybridized carbons (Fsp3) is 0.562. The van der Waals surface area contributed by atoms with E-state index in [4.69, 9.17) is 21.1 Å². The molecule has 0 bridgehead atoms. The zero-order valence-electron chi connectivity index (χ0n) is 13.0. The largest absolute Gasteiger partial charge is 0.492 e. The van der Waals surface area contributed by atoms with Gasteiger partial charge in [-0.3, -0.25) is 4.79 Å². The second-order valence-electron chi connectivity index (χ2n) is 5.34. The Balaban J connectivity index is 2.17. The fourth-order valence-corrected chi connectivity index (χ4v) is 1.83. The zero-order chi connectivity index (χ0) is 15.7.